The van der Waals surface area contributed by atoms with E-state index in [0.29, 0.717) is 18.9 Å². The van der Waals surface area contributed by atoms with Crippen LogP contribution in [0.4, 0.5) is 0 Å². The van der Waals surface area contributed by atoms with Crippen molar-refractivity contribution in [2.75, 3.05) is 27.2 Å². The molecule has 1 fully saturated rings. The second kappa shape index (κ2) is 7.07. The second-order valence-corrected chi connectivity index (χ2v) is 6.36. The summed E-state index contributed by atoms with van der Waals surface area (Å²) in [6.45, 7) is 6.72. The normalized spacial score (nSPS) is 19.7. The third kappa shape index (κ3) is 4.30. The molecule has 21 heavy (non-hydrogen) atoms. The van der Waals surface area contributed by atoms with E-state index in [9.17, 15) is 4.79 Å². The number of carbonyl (C=O) groups is 1. The van der Waals surface area contributed by atoms with Gasteiger partial charge in [0.1, 0.15) is 5.76 Å². The van der Waals surface area contributed by atoms with E-state index < -0.39 is 0 Å². The van der Waals surface area contributed by atoms with Gasteiger partial charge >= 0.3 is 0 Å². The fourth-order valence-corrected chi connectivity index (χ4v) is 3.08. The first-order valence-corrected chi connectivity index (χ1v) is 7.81. The smallest absolute Gasteiger partial charge is 0.222 e. The summed E-state index contributed by atoms with van der Waals surface area (Å²) in [5.41, 5.74) is 1.91. The van der Waals surface area contributed by atoms with Gasteiger partial charge < -0.3 is 14.3 Å². The highest BCUT2D eigenvalue weighted by molar-refractivity contribution is 5.75. The summed E-state index contributed by atoms with van der Waals surface area (Å²) in [5, 5.41) is 3.94. The van der Waals surface area contributed by atoms with Crippen LogP contribution >= 0.6 is 0 Å². The highest BCUT2D eigenvalue weighted by atomic mass is 16.5. The van der Waals surface area contributed by atoms with Crippen molar-refractivity contribution in [3.63, 3.8) is 0 Å². The maximum Gasteiger partial charge on any atom is 0.222 e. The van der Waals surface area contributed by atoms with Crippen molar-refractivity contribution in [3.05, 3.63) is 17.0 Å². The molecular weight excluding hydrogens is 266 g/mol. The predicted molar refractivity (Wildman–Crippen MR) is 81.9 cm³/mol. The standard InChI is InChI=1S/C16H27N3O2/c1-12-15(13(2)21-17-12)11-19(4)16(20)8-7-14-6-5-9-18(3)10-14/h14H,5-11H2,1-4H3/t14-/m1/s1. The molecule has 0 bridgehead atoms. The van der Waals surface area contributed by atoms with Crippen LogP contribution in [-0.2, 0) is 11.3 Å². The number of amides is 1. The number of carbonyl (C=O) groups excluding carboxylic acids is 1. The Morgan fingerprint density at radius 3 is 2.86 bits per heavy atom. The Kier molecular flexibility index (Phi) is 5.39. The van der Waals surface area contributed by atoms with Crippen molar-refractivity contribution in [2.45, 2.75) is 46.1 Å². The molecule has 0 unspecified atom stereocenters. The van der Waals surface area contributed by atoms with Crippen LogP contribution in [0, 0.1) is 19.8 Å². The zero-order valence-corrected chi connectivity index (χ0v) is 13.7. The average Bonchev–Trinajstić information content (AvgIpc) is 2.76. The van der Waals surface area contributed by atoms with Gasteiger partial charge in [0.15, 0.2) is 0 Å². The van der Waals surface area contributed by atoms with E-state index in [0.717, 1.165) is 30.0 Å². The van der Waals surface area contributed by atoms with Gasteiger partial charge in [0, 0.05) is 25.6 Å². The van der Waals surface area contributed by atoms with Gasteiger partial charge in [0.05, 0.1) is 12.2 Å². The number of hydrogen-bond acceptors (Lipinski definition) is 4. The molecule has 1 amide bonds. The Labute approximate surface area is 127 Å². The molecule has 1 saturated heterocycles. The first kappa shape index (κ1) is 16.0. The van der Waals surface area contributed by atoms with E-state index in [1.807, 2.05) is 20.9 Å². The molecule has 2 heterocycles. The fourth-order valence-electron chi connectivity index (χ4n) is 3.08. The van der Waals surface area contributed by atoms with Crippen LogP contribution in [0.2, 0.25) is 0 Å². The third-order valence-electron chi connectivity index (χ3n) is 4.49. The Balaban J connectivity index is 1.80. The number of aromatic nitrogens is 1. The van der Waals surface area contributed by atoms with Crippen molar-refractivity contribution in [1.29, 1.82) is 0 Å². The molecule has 118 valence electrons. The van der Waals surface area contributed by atoms with Gasteiger partial charge in [-0.1, -0.05) is 5.16 Å². The third-order valence-corrected chi connectivity index (χ3v) is 4.49. The monoisotopic (exact) mass is 293 g/mol. The van der Waals surface area contributed by atoms with Crippen molar-refractivity contribution >= 4 is 5.91 Å². The molecule has 0 radical (unpaired) electrons. The first-order valence-electron chi connectivity index (χ1n) is 7.81. The second-order valence-electron chi connectivity index (χ2n) is 6.36. The molecule has 1 aromatic heterocycles. The van der Waals surface area contributed by atoms with E-state index in [1.54, 1.807) is 4.90 Å². The topological polar surface area (TPSA) is 49.6 Å². The van der Waals surface area contributed by atoms with Crippen molar-refractivity contribution in [2.24, 2.45) is 5.92 Å². The van der Waals surface area contributed by atoms with E-state index in [1.165, 1.54) is 19.4 Å². The number of rotatable bonds is 5. The summed E-state index contributed by atoms with van der Waals surface area (Å²) in [6.07, 6.45) is 4.14. The van der Waals surface area contributed by atoms with E-state index in [2.05, 4.69) is 17.1 Å². The lowest BCUT2D eigenvalue weighted by atomic mass is 9.93. The zero-order chi connectivity index (χ0) is 15.4. The Morgan fingerprint density at radius 1 is 1.48 bits per heavy atom. The number of hydrogen-bond donors (Lipinski definition) is 0. The van der Waals surface area contributed by atoms with Crippen LogP contribution in [0.1, 0.15) is 42.7 Å². The lowest BCUT2D eigenvalue weighted by Crippen LogP contribution is -2.33. The van der Waals surface area contributed by atoms with Crippen LogP contribution in [-0.4, -0.2) is 48.0 Å². The lowest BCUT2D eigenvalue weighted by Gasteiger charge is -2.29. The molecule has 1 aliphatic heterocycles. The first-order chi connectivity index (χ1) is 9.97. The minimum absolute atomic E-state index is 0.211. The zero-order valence-electron chi connectivity index (χ0n) is 13.7. The average molecular weight is 293 g/mol. The van der Waals surface area contributed by atoms with Crippen LogP contribution in [0.15, 0.2) is 4.52 Å². The molecule has 1 aromatic rings. The maximum absolute atomic E-state index is 12.3. The molecule has 5 heteroatoms. The van der Waals surface area contributed by atoms with Crippen LogP contribution in [0.25, 0.3) is 0 Å². The minimum Gasteiger partial charge on any atom is -0.361 e. The van der Waals surface area contributed by atoms with Crippen LogP contribution < -0.4 is 0 Å². The molecule has 5 nitrogen and oxygen atoms in total. The summed E-state index contributed by atoms with van der Waals surface area (Å²) in [4.78, 5) is 16.4. The quantitative estimate of drug-likeness (QED) is 0.836. The van der Waals surface area contributed by atoms with Gasteiger partial charge in [0.25, 0.3) is 0 Å². The number of aryl methyl sites for hydroxylation is 2. The van der Waals surface area contributed by atoms with Crippen LogP contribution in [0.3, 0.4) is 0 Å². The number of likely N-dealkylation sites (tertiary alicyclic amines) is 1. The highest BCUT2D eigenvalue weighted by Crippen LogP contribution is 2.21. The SMILES string of the molecule is Cc1noc(C)c1CN(C)C(=O)CC[C@H]1CCCN(C)C1. The molecule has 0 N–H and O–H groups in total. The van der Waals surface area contributed by atoms with Gasteiger partial charge in [-0.05, 0) is 52.6 Å². The van der Waals surface area contributed by atoms with Crippen molar-refractivity contribution < 1.29 is 9.32 Å². The van der Waals surface area contributed by atoms with Crippen LogP contribution in [0.5, 0.6) is 0 Å². The summed E-state index contributed by atoms with van der Waals surface area (Å²) < 4.78 is 5.15. The minimum atomic E-state index is 0.211. The Hall–Kier alpha value is -1.36. The van der Waals surface area contributed by atoms with E-state index in [4.69, 9.17) is 4.52 Å². The summed E-state index contributed by atoms with van der Waals surface area (Å²) in [7, 11) is 4.03. The van der Waals surface area contributed by atoms with E-state index in [-0.39, 0.29) is 5.91 Å². The predicted octanol–water partition coefficient (Wildman–Crippen LogP) is 2.37. The molecule has 0 saturated carbocycles. The largest absolute Gasteiger partial charge is 0.361 e. The van der Waals surface area contributed by atoms with Gasteiger partial charge in [-0.3, -0.25) is 4.79 Å². The molecule has 0 spiro atoms. The van der Waals surface area contributed by atoms with Gasteiger partial charge in [-0.15, -0.1) is 0 Å². The molecular formula is C16H27N3O2. The summed E-state index contributed by atoms with van der Waals surface area (Å²) in [6, 6.07) is 0. The molecule has 1 atom stereocenters. The number of piperidine rings is 1. The Morgan fingerprint density at radius 2 is 2.24 bits per heavy atom. The lowest BCUT2D eigenvalue weighted by molar-refractivity contribution is -0.130. The molecule has 2 rings (SSSR count). The molecule has 0 aromatic carbocycles. The van der Waals surface area contributed by atoms with Crippen molar-refractivity contribution in [1.82, 2.24) is 15.0 Å². The molecule has 1 aliphatic rings. The maximum atomic E-state index is 12.3. The highest BCUT2D eigenvalue weighted by Gasteiger charge is 2.20. The fraction of sp³-hybridized carbons (Fsp3) is 0.750. The van der Waals surface area contributed by atoms with E-state index >= 15 is 0 Å². The van der Waals surface area contributed by atoms with Gasteiger partial charge in [0.2, 0.25) is 5.91 Å². The number of nitrogens with zero attached hydrogens (tertiary/aromatic N) is 3. The summed E-state index contributed by atoms with van der Waals surface area (Å²) in [5.74, 6) is 1.68. The van der Waals surface area contributed by atoms with Crippen molar-refractivity contribution in [3.8, 4) is 0 Å². The van der Waals surface area contributed by atoms with Gasteiger partial charge in [-0.25, -0.2) is 0 Å². The Bertz CT molecular complexity index is 464. The summed E-state index contributed by atoms with van der Waals surface area (Å²) >= 11 is 0. The van der Waals surface area contributed by atoms with Gasteiger partial charge in [-0.2, -0.15) is 0 Å². The molecule has 0 aliphatic carbocycles.